The van der Waals surface area contributed by atoms with E-state index in [0.29, 0.717) is 12.4 Å². The third-order valence-corrected chi connectivity index (χ3v) is 5.25. The van der Waals surface area contributed by atoms with Crippen molar-refractivity contribution in [3.05, 3.63) is 35.7 Å². The van der Waals surface area contributed by atoms with Crippen molar-refractivity contribution < 1.29 is 4.52 Å². The smallest absolute Gasteiger partial charge is 0.258 e. The summed E-state index contributed by atoms with van der Waals surface area (Å²) in [7, 11) is 0. The maximum Gasteiger partial charge on any atom is 0.258 e. The topological polar surface area (TPSA) is 64.9 Å². The molecule has 3 rings (SSSR count). The summed E-state index contributed by atoms with van der Waals surface area (Å²) in [5.74, 6) is 2.25. The summed E-state index contributed by atoms with van der Waals surface area (Å²) in [6, 6.07) is 8.10. The number of aromatic nitrogens is 2. The zero-order valence-corrected chi connectivity index (χ0v) is 12.9. The quantitative estimate of drug-likeness (QED) is 0.886. The molecule has 1 aromatic carbocycles. The van der Waals surface area contributed by atoms with Gasteiger partial charge in [0.05, 0.1) is 5.75 Å². The number of benzene rings is 1. The summed E-state index contributed by atoms with van der Waals surface area (Å²) in [6.07, 6.45) is 6.21. The Hall–Kier alpha value is -1.33. The molecule has 1 aliphatic rings. The fraction of sp³-hybridized carbons (Fsp3) is 0.500. The van der Waals surface area contributed by atoms with E-state index in [0.717, 1.165) is 28.8 Å². The fourth-order valence-corrected chi connectivity index (χ4v) is 3.94. The average Bonchev–Trinajstić information content (AvgIpc) is 3.18. The predicted molar refractivity (Wildman–Crippen MR) is 86.0 cm³/mol. The molecule has 1 heterocycles. The summed E-state index contributed by atoms with van der Waals surface area (Å²) in [4.78, 5) is 4.54. The standard InChI is InChI=1S/C16H21N3OS/c17-10-9-12-5-1-4-8-14(12)16-18-15(19-20-16)11-21-13-6-2-3-7-13/h1,4-5,8,13H,2-3,6-7,9-11,17H2. The van der Waals surface area contributed by atoms with Crippen molar-refractivity contribution in [1.82, 2.24) is 10.1 Å². The van der Waals surface area contributed by atoms with Gasteiger partial charge in [0.1, 0.15) is 0 Å². The minimum atomic E-state index is 0.612. The number of hydrogen-bond acceptors (Lipinski definition) is 5. The Labute approximate surface area is 129 Å². The van der Waals surface area contributed by atoms with Crippen molar-refractivity contribution in [2.75, 3.05) is 6.54 Å². The van der Waals surface area contributed by atoms with E-state index in [1.54, 1.807) is 0 Å². The second-order valence-electron chi connectivity index (χ2n) is 5.43. The third kappa shape index (κ3) is 3.66. The summed E-state index contributed by atoms with van der Waals surface area (Å²) >= 11 is 1.96. The van der Waals surface area contributed by atoms with Gasteiger partial charge in [0, 0.05) is 10.8 Å². The molecular formula is C16H21N3OS. The van der Waals surface area contributed by atoms with Crippen molar-refractivity contribution in [3.63, 3.8) is 0 Å². The minimum absolute atomic E-state index is 0.612. The molecule has 0 bridgehead atoms. The van der Waals surface area contributed by atoms with Crippen LogP contribution in [0.2, 0.25) is 0 Å². The molecule has 1 fully saturated rings. The highest BCUT2D eigenvalue weighted by Crippen LogP contribution is 2.31. The van der Waals surface area contributed by atoms with Gasteiger partial charge < -0.3 is 10.3 Å². The highest BCUT2D eigenvalue weighted by molar-refractivity contribution is 7.99. The van der Waals surface area contributed by atoms with Crippen LogP contribution in [0.25, 0.3) is 11.5 Å². The SMILES string of the molecule is NCCc1ccccc1-c1nc(CSC2CCCC2)no1. The molecule has 0 saturated heterocycles. The van der Waals surface area contributed by atoms with Crippen molar-refractivity contribution in [3.8, 4) is 11.5 Å². The largest absolute Gasteiger partial charge is 0.334 e. The van der Waals surface area contributed by atoms with Crippen LogP contribution >= 0.6 is 11.8 Å². The molecule has 21 heavy (non-hydrogen) atoms. The molecule has 4 nitrogen and oxygen atoms in total. The van der Waals surface area contributed by atoms with E-state index in [2.05, 4.69) is 16.2 Å². The molecule has 5 heteroatoms. The lowest BCUT2D eigenvalue weighted by Gasteiger charge is -2.05. The van der Waals surface area contributed by atoms with E-state index in [9.17, 15) is 0 Å². The van der Waals surface area contributed by atoms with Crippen molar-refractivity contribution in [2.24, 2.45) is 5.73 Å². The Morgan fingerprint density at radius 1 is 1.24 bits per heavy atom. The van der Waals surface area contributed by atoms with Crippen LogP contribution in [0.5, 0.6) is 0 Å². The Morgan fingerprint density at radius 3 is 2.86 bits per heavy atom. The Bertz CT molecular complexity index is 578. The van der Waals surface area contributed by atoms with Gasteiger partial charge >= 0.3 is 0 Å². The van der Waals surface area contributed by atoms with Gasteiger partial charge in [-0.25, -0.2) is 0 Å². The number of thioether (sulfide) groups is 1. The second-order valence-corrected chi connectivity index (χ2v) is 6.72. The fourth-order valence-electron chi connectivity index (χ4n) is 2.77. The second kappa shape index (κ2) is 7.09. The molecule has 0 spiro atoms. The molecule has 1 aromatic heterocycles. The Morgan fingerprint density at radius 2 is 2.05 bits per heavy atom. The van der Waals surface area contributed by atoms with Gasteiger partial charge in [-0.05, 0) is 37.4 Å². The van der Waals surface area contributed by atoms with Crippen molar-refractivity contribution in [1.29, 1.82) is 0 Å². The van der Waals surface area contributed by atoms with E-state index in [1.165, 1.54) is 31.2 Å². The van der Waals surface area contributed by atoms with Gasteiger partial charge in [-0.1, -0.05) is 36.2 Å². The first-order valence-corrected chi connectivity index (χ1v) is 8.64. The number of nitrogens with two attached hydrogens (primary N) is 1. The minimum Gasteiger partial charge on any atom is -0.334 e. The summed E-state index contributed by atoms with van der Waals surface area (Å²) in [5.41, 5.74) is 7.83. The first kappa shape index (κ1) is 14.6. The van der Waals surface area contributed by atoms with E-state index < -0.39 is 0 Å². The van der Waals surface area contributed by atoms with Crippen LogP contribution in [0.1, 0.15) is 37.1 Å². The van der Waals surface area contributed by atoms with Crippen LogP contribution in [0.3, 0.4) is 0 Å². The molecular weight excluding hydrogens is 282 g/mol. The summed E-state index contributed by atoms with van der Waals surface area (Å²) < 4.78 is 5.44. The lowest BCUT2D eigenvalue weighted by molar-refractivity contribution is 0.424. The van der Waals surface area contributed by atoms with Crippen LogP contribution < -0.4 is 5.73 Å². The first-order valence-electron chi connectivity index (χ1n) is 7.59. The molecule has 0 radical (unpaired) electrons. The Balaban J connectivity index is 1.69. The number of nitrogens with zero attached hydrogens (tertiary/aromatic N) is 2. The predicted octanol–water partition coefficient (Wildman–Crippen LogP) is 3.41. The normalized spacial score (nSPS) is 15.7. The maximum absolute atomic E-state index is 5.66. The molecule has 0 unspecified atom stereocenters. The molecule has 1 saturated carbocycles. The first-order chi connectivity index (χ1) is 10.4. The summed E-state index contributed by atoms with van der Waals surface area (Å²) in [6.45, 7) is 0.621. The van der Waals surface area contributed by atoms with E-state index >= 15 is 0 Å². The van der Waals surface area contributed by atoms with E-state index in [-0.39, 0.29) is 0 Å². The van der Waals surface area contributed by atoms with Crippen molar-refractivity contribution in [2.45, 2.75) is 43.1 Å². The monoisotopic (exact) mass is 303 g/mol. The van der Waals surface area contributed by atoms with Gasteiger partial charge in [0.15, 0.2) is 5.82 Å². The molecule has 2 N–H and O–H groups in total. The molecule has 1 aliphatic carbocycles. The molecule has 0 atom stereocenters. The van der Waals surface area contributed by atoms with Gasteiger partial charge in [0.25, 0.3) is 5.89 Å². The molecule has 2 aromatic rings. The maximum atomic E-state index is 5.66. The van der Waals surface area contributed by atoms with E-state index in [4.69, 9.17) is 10.3 Å². The lowest BCUT2D eigenvalue weighted by atomic mass is 10.0. The highest BCUT2D eigenvalue weighted by atomic mass is 32.2. The van der Waals surface area contributed by atoms with Gasteiger partial charge in [-0.15, -0.1) is 0 Å². The van der Waals surface area contributed by atoms with Crippen LogP contribution in [0.4, 0.5) is 0 Å². The zero-order valence-electron chi connectivity index (χ0n) is 12.1. The molecule has 112 valence electrons. The van der Waals surface area contributed by atoms with Gasteiger partial charge in [0.2, 0.25) is 0 Å². The van der Waals surface area contributed by atoms with Gasteiger partial charge in [-0.2, -0.15) is 16.7 Å². The number of hydrogen-bond donors (Lipinski definition) is 1. The average molecular weight is 303 g/mol. The lowest BCUT2D eigenvalue weighted by Crippen LogP contribution is -2.03. The Kier molecular flexibility index (Phi) is 4.93. The molecule has 0 aliphatic heterocycles. The molecule has 0 amide bonds. The number of rotatable bonds is 6. The van der Waals surface area contributed by atoms with Crippen LogP contribution in [-0.4, -0.2) is 21.9 Å². The van der Waals surface area contributed by atoms with Crippen LogP contribution in [0, 0.1) is 0 Å². The van der Waals surface area contributed by atoms with Crippen LogP contribution in [-0.2, 0) is 12.2 Å². The zero-order chi connectivity index (χ0) is 14.5. The third-order valence-electron chi connectivity index (χ3n) is 3.88. The highest BCUT2D eigenvalue weighted by Gasteiger charge is 2.17. The van der Waals surface area contributed by atoms with Crippen molar-refractivity contribution >= 4 is 11.8 Å². The summed E-state index contributed by atoms with van der Waals surface area (Å²) in [5, 5.41) is 4.89. The van der Waals surface area contributed by atoms with Crippen LogP contribution in [0.15, 0.2) is 28.8 Å². The van der Waals surface area contributed by atoms with Gasteiger partial charge in [-0.3, -0.25) is 0 Å². The van der Waals surface area contributed by atoms with E-state index in [1.807, 2.05) is 30.0 Å².